The Morgan fingerprint density at radius 1 is 1.30 bits per heavy atom. The SMILES string of the molecule is CC1CCC2C1C(OC=CC(Cl)=Cc1ccccc1)C1(C(C)C)CC(OC(=O)CO)C2(C)O1. The van der Waals surface area contributed by atoms with Crippen molar-refractivity contribution < 1.29 is 24.1 Å². The highest BCUT2D eigenvalue weighted by Crippen LogP contribution is 2.63. The lowest BCUT2D eigenvalue weighted by molar-refractivity contribution is -0.260. The van der Waals surface area contributed by atoms with Gasteiger partial charge in [-0.3, -0.25) is 0 Å². The fourth-order valence-electron chi connectivity index (χ4n) is 6.41. The molecule has 3 aliphatic rings. The van der Waals surface area contributed by atoms with Crippen LogP contribution in [0.1, 0.15) is 52.5 Å². The van der Waals surface area contributed by atoms with Gasteiger partial charge < -0.3 is 19.3 Å². The van der Waals surface area contributed by atoms with E-state index in [1.54, 1.807) is 12.3 Å². The van der Waals surface area contributed by atoms with Gasteiger partial charge in [0.05, 0.1) is 6.26 Å². The Morgan fingerprint density at radius 2 is 2.03 bits per heavy atom. The second-order valence-corrected chi connectivity index (χ2v) is 10.7. The molecule has 0 amide bonds. The zero-order chi connectivity index (χ0) is 23.8. The summed E-state index contributed by atoms with van der Waals surface area (Å²) in [6, 6.07) is 9.91. The van der Waals surface area contributed by atoms with Crippen molar-refractivity contribution in [1.29, 1.82) is 0 Å². The van der Waals surface area contributed by atoms with E-state index in [2.05, 4.69) is 27.7 Å². The standard InChI is InChI=1S/C27H35ClO5/c1-17(2)27-15-22(32-23(30)16-29)26(4,33-27)21-11-10-18(3)24(21)25(27)31-13-12-20(28)14-19-8-6-5-7-9-19/h5-9,12-14,17-18,21-22,24-25,29H,10-11,15-16H2,1-4H3. The maximum Gasteiger partial charge on any atom is 0.332 e. The second kappa shape index (κ2) is 9.44. The minimum absolute atomic E-state index is 0.150. The Balaban J connectivity index is 1.62. The summed E-state index contributed by atoms with van der Waals surface area (Å²) in [7, 11) is 0. The maximum absolute atomic E-state index is 12.0. The normalized spacial score (nSPS) is 38.0. The maximum atomic E-state index is 12.0. The Bertz CT molecular complexity index is 912. The summed E-state index contributed by atoms with van der Waals surface area (Å²) in [5, 5.41) is 9.86. The van der Waals surface area contributed by atoms with E-state index in [-0.39, 0.29) is 23.9 Å². The molecule has 0 aromatic heterocycles. The average molecular weight is 475 g/mol. The van der Waals surface area contributed by atoms with E-state index in [0.717, 1.165) is 18.4 Å². The summed E-state index contributed by atoms with van der Waals surface area (Å²) in [4.78, 5) is 12.0. The summed E-state index contributed by atoms with van der Waals surface area (Å²) < 4.78 is 19.1. The molecule has 180 valence electrons. The van der Waals surface area contributed by atoms with Crippen LogP contribution in [0.3, 0.4) is 0 Å². The van der Waals surface area contributed by atoms with Gasteiger partial charge in [0.1, 0.15) is 30.0 Å². The molecule has 0 radical (unpaired) electrons. The predicted octanol–water partition coefficient (Wildman–Crippen LogP) is 5.32. The molecule has 1 aromatic carbocycles. The minimum atomic E-state index is -0.624. The molecule has 5 nitrogen and oxygen atoms in total. The first-order valence-corrected chi connectivity index (χ1v) is 12.3. The van der Waals surface area contributed by atoms with Crippen molar-refractivity contribution in [2.24, 2.45) is 23.7 Å². The predicted molar refractivity (Wildman–Crippen MR) is 128 cm³/mol. The van der Waals surface area contributed by atoms with Crippen molar-refractivity contribution in [3.05, 3.63) is 53.3 Å². The van der Waals surface area contributed by atoms with Gasteiger partial charge in [-0.1, -0.05) is 62.7 Å². The smallest absolute Gasteiger partial charge is 0.332 e. The quantitative estimate of drug-likeness (QED) is 0.329. The first-order chi connectivity index (χ1) is 15.7. The molecule has 6 heteroatoms. The van der Waals surface area contributed by atoms with E-state index < -0.39 is 29.9 Å². The molecule has 2 aliphatic heterocycles. The number of aliphatic hydroxyl groups is 1. The number of benzene rings is 1. The van der Waals surface area contributed by atoms with E-state index in [0.29, 0.717) is 17.4 Å². The first-order valence-electron chi connectivity index (χ1n) is 12.0. The van der Waals surface area contributed by atoms with Crippen LogP contribution in [0.5, 0.6) is 0 Å². The summed E-state index contributed by atoms with van der Waals surface area (Å²) in [5.74, 6) is 0.515. The van der Waals surface area contributed by atoms with Crippen molar-refractivity contribution in [3.63, 3.8) is 0 Å². The van der Waals surface area contributed by atoms with Crippen molar-refractivity contribution in [2.75, 3.05) is 6.61 Å². The monoisotopic (exact) mass is 474 g/mol. The average Bonchev–Trinajstić information content (AvgIpc) is 3.29. The van der Waals surface area contributed by atoms with Crippen LogP contribution in [0, 0.1) is 23.7 Å². The summed E-state index contributed by atoms with van der Waals surface area (Å²) in [6.45, 7) is 8.01. The number of ether oxygens (including phenoxy) is 3. The lowest BCUT2D eigenvalue weighted by atomic mass is 9.69. The number of fused-ring (bicyclic) bond motifs is 4. The third-order valence-corrected chi connectivity index (χ3v) is 8.35. The molecular weight excluding hydrogens is 440 g/mol. The molecule has 1 aliphatic carbocycles. The van der Waals surface area contributed by atoms with Crippen molar-refractivity contribution in [2.45, 2.75) is 70.4 Å². The Kier molecular flexibility index (Phi) is 6.95. The van der Waals surface area contributed by atoms with Crippen LogP contribution in [0.25, 0.3) is 6.08 Å². The van der Waals surface area contributed by atoms with E-state index in [1.807, 2.05) is 36.4 Å². The zero-order valence-electron chi connectivity index (χ0n) is 19.9. The Hall–Kier alpha value is -1.82. The molecule has 1 N–H and O–H groups in total. The molecule has 1 aromatic rings. The number of carbonyl (C=O) groups is 1. The lowest BCUT2D eigenvalue weighted by Crippen LogP contribution is -2.61. The molecule has 2 saturated heterocycles. The molecule has 7 unspecified atom stereocenters. The number of carbonyl (C=O) groups excluding carboxylic acids is 1. The minimum Gasteiger partial charge on any atom is -0.495 e. The molecular formula is C27H35ClO5. The van der Waals surface area contributed by atoms with E-state index >= 15 is 0 Å². The molecule has 1 saturated carbocycles. The Morgan fingerprint density at radius 3 is 2.70 bits per heavy atom. The van der Waals surface area contributed by atoms with E-state index in [4.69, 9.17) is 25.8 Å². The largest absolute Gasteiger partial charge is 0.495 e. The van der Waals surface area contributed by atoms with Crippen LogP contribution in [0.2, 0.25) is 0 Å². The van der Waals surface area contributed by atoms with E-state index in [9.17, 15) is 9.90 Å². The second-order valence-electron chi connectivity index (χ2n) is 10.3. The highest BCUT2D eigenvalue weighted by molar-refractivity contribution is 6.33. The van der Waals surface area contributed by atoms with Crippen molar-refractivity contribution in [3.8, 4) is 0 Å². The molecule has 2 bridgehead atoms. The van der Waals surface area contributed by atoms with Gasteiger partial charge in [0.15, 0.2) is 0 Å². The summed E-state index contributed by atoms with van der Waals surface area (Å²) in [6.07, 6.45) is 7.43. The first kappa shape index (κ1) is 24.3. The Labute approximate surface area is 201 Å². The van der Waals surface area contributed by atoms with Crippen molar-refractivity contribution >= 4 is 23.6 Å². The van der Waals surface area contributed by atoms with Crippen LogP contribution >= 0.6 is 11.6 Å². The number of rotatable bonds is 7. The highest BCUT2D eigenvalue weighted by Gasteiger charge is 2.71. The van der Waals surface area contributed by atoms with Gasteiger partial charge in [-0.2, -0.15) is 0 Å². The number of hydrogen-bond acceptors (Lipinski definition) is 5. The molecule has 2 heterocycles. The number of aliphatic hydroxyl groups excluding tert-OH is 1. The lowest BCUT2D eigenvalue weighted by Gasteiger charge is -2.53. The van der Waals surface area contributed by atoms with Crippen LogP contribution in [0.4, 0.5) is 0 Å². The molecule has 0 spiro atoms. The number of esters is 1. The van der Waals surface area contributed by atoms with Crippen LogP contribution in [0.15, 0.2) is 47.7 Å². The molecule has 3 fully saturated rings. The number of halogens is 1. The zero-order valence-corrected chi connectivity index (χ0v) is 20.6. The fraction of sp³-hybridized carbons (Fsp3) is 0.593. The van der Waals surface area contributed by atoms with Gasteiger partial charge in [-0.15, -0.1) is 0 Å². The molecule has 7 atom stereocenters. The third-order valence-electron chi connectivity index (χ3n) is 8.11. The van der Waals surface area contributed by atoms with Gasteiger partial charge in [-0.25, -0.2) is 4.79 Å². The summed E-state index contributed by atoms with van der Waals surface area (Å²) in [5.41, 5.74) is -0.148. The van der Waals surface area contributed by atoms with Crippen molar-refractivity contribution in [1.82, 2.24) is 0 Å². The van der Waals surface area contributed by atoms with Crippen LogP contribution < -0.4 is 0 Å². The third kappa shape index (κ3) is 4.36. The molecule has 4 rings (SSSR count). The van der Waals surface area contributed by atoms with Crippen LogP contribution in [-0.2, 0) is 19.0 Å². The van der Waals surface area contributed by atoms with Gasteiger partial charge >= 0.3 is 5.97 Å². The van der Waals surface area contributed by atoms with Gasteiger partial charge in [-0.05, 0) is 55.2 Å². The molecule has 33 heavy (non-hydrogen) atoms. The number of allylic oxidation sites excluding steroid dienone is 2. The van der Waals surface area contributed by atoms with E-state index in [1.165, 1.54) is 0 Å². The fourth-order valence-corrected chi connectivity index (χ4v) is 6.59. The highest BCUT2D eigenvalue weighted by atomic mass is 35.5. The summed E-state index contributed by atoms with van der Waals surface area (Å²) >= 11 is 6.45. The van der Waals surface area contributed by atoms with Gasteiger partial charge in [0.25, 0.3) is 0 Å². The van der Waals surface area contributed by atoms with Crippen LogP contribution in [-0.4, -0.2) is 41.1 Å². The van der Waals surface area contributed by atoms with Gasteiger partial charge in [0.2, 0.25) is 0 Å². The number of hydrogen-bond donors (Lipinski definition) is 1. The van der Waals surface area contributed by atoms with Gasteiger partial charge in [0, 0.05) is 17.4 Å². The topological polar surface area (TPSA) is 65.0 Å².